The molecule has 0 aromatic heterocycles. The van der Waals surface area contributed by atoms with Gasteiger partial charge in [0, 0.05) is 0 Å². The Hall–Kier alpha value is -1.07. The number of carbonyl (C=O) groups is 2. The highest BCUT2D eigenvalue weighted by molar-refractivity contribution is 6.32. The van der Waals surface area contributed by atoms with E-state index in [1.807, 2.05) is 0 Å². The van der Waals surface area contributed by atoms with Gasteiger partial charge in [-0.25, -0.2) is 18.0 Å². The molecule has 0 rings (SSSR count). The van der Waals surface area contributed by atoms with E-state index in [9.17, 15) is 22.8 Å². The summed E-state index contributed by atoms with van der Waals surface area (Å²) in [6.07, 6.45) is -1.58. The lowest BCUT2D eigenvalue weighted by Crippen LogP contribution is -2.27. The summed E-state index contributed by atoms with van der Waals surface area (Å²) in [5.74, 6) is -7.51. The molecule has 0 aromatic carbocycles. The van der Waals surface area contributed by atoms with Crippen LogP contribution in [-0.2, 0) is 9.59 Å². The van der Waals surface area contributed by atoms with Crippen molar-refractivity contribution in [2.45, 2.75) is 12.3 Å². The molecule has 0 amide bonds. The number of ketones is 1. The van der Waals surface area contributed by atoms with Crippen molar-refractivity contribution in [3.8, 4) is 0 Å². The first kappa shape index (κ1) is 9.93. The maximum absolute atomic E-state index is 11.9. The van der Waals surface area contributed by atoms with Crippen LogP contribution in [0.5, 0.6) is 0 Å². The van der Waals surface area contributed by atoms with Gasteiger partial charge < -0.3 is 5.11 Å². The quantitative estimate of drug-likeness (QED) is 0.629. The van der Waals surface area contributed by atoms with Crippen LogP contribution in [-0.4, -0.2) is 29.5 Å². The molecular weight excluding hydrogens is 165 g/mol. The molecule has 0 aliphatic rings. The van der Waals surface area contributed by atoms with Gasteiger partial charge in [0.2, 0.25) is 5.78 Å². The number of Topliss-reactive ketones (excluding diaryl/α,β-unsaturated/α-hetero) is 1. The van der Waals surface area contributed by atoms with Gasteiger partial charge in [-0.2, -0.15) is 0 Å². The number of aliphatic carboxylic acids is 1. The number of carboxylic acid groups (broad SMARTS) is 1. The number of hydrogen-bond donors (Lipinski definition) is 1. The molecule has 0 saturated heterocycles. The van der Waals surface area contributed by atoms with Gasteiger partial charge in [-0.05, 0) is 0 Å². The van der Waals surface area contributed by atoms with Gasteiger partial charge in [-0.3, -0.25) is 4.79 Å². The Bertz CT molecular complexity index is 178. The Labute approximate surface area is 59.8 Å². The van der Waals surface area contributed by atoms with Gasteiger partial charge in [0.1, 0.15) is 0 Å². The normalized spacial score (nSPS) is 11.2. The second-order valence-electron chi connectivity index (χ2n) is 1.89. The molecule has 0 radical (unpaired) electrons. The number of carbonyl (C=O) groups excluding carboxylic acids is 1. The van der Waals surface area contributed by atoms with E-state index >= 15 is 0 Å². The molecule has 0 saturated carbocycles. The second kappa shape index (κ2) is 3.36. The van der Waals surface area contributed by atoms with E-state index in [2.05, 4.69) is 0 Å². The van der Waals surface area contributed by atoms with E-state index in [0.717, 1.165) is 0 Å². The Morgan fingerprint density at radius 3 is 2.09 bits per heavy atom. The van der Waals surface area contributed by atoms with Crippen molar-refractivity contribution in [2.75, 3.05) is 6.67 Å². The molecule has 0 aromatic rings. The summed E-state index contributed by atoms with van der Waals surface area (Å²) in [4.78, 5) is 19.8. The zero-order valence-corrected chi connectivity index (χ0v) is 5.31. The molecule has 0 bridgehead atoms. The molecule has 11 heavy (non-hydrogen) atoms. The van der Waals surface area contributed by atoms with Crippen LogP contribution in [0.1, 0.15) is 6.42 Å². The van der Waals surface area contributed by atoms with Crippen molar-refractivity contribution in [2.24, 2.45) is 0 Å². The Balaban J connectivity index is 4.04. The Kier molecular flexibility index (Phi) is 3.03. The number of rotatable bonds is 4. The monoisotopic (exact) mass is 170 g/mol. The highest BCUT2D eigenvalue weighted by Crippen LogP contribution is 2.18. The molecule has 3 nitrogen and oxygen atoms in total. The van der Waals surface area contributed by atoms with Crippen LogP contribution in [0.15, 0.2) is 0 Å². The van der Waals surface area contributed by atoms with E-state index in [1.165, 1.54) is 0 Å². The van der Waals surface area contributed by atoms with Crippen LogP contribution < -0.4 is 0 Å². The van der Waals surface area contributed by atoms with Crippen LogP contribution in [0.25, 0.3) is 0 Å². The van der Waals surface area contributed by atoms with E-state index in [1.54, 1.807) is 0 Å². The summed E-state index contributed by atoms with van der Waals surface area (Å²) < 4.78 is 35.1. The summed E-state index contributed by atoms with van der Waals surface area (Å²) in [5, 5.41) is 7.84. The standard InChI is InChI=1S/C5H5F3O3/c6-2-5(7,8)1-3(9)4(10)11/h1-2H2,(H,10,11). The Morgan fingerprint density at radius 2 is 1.82 bits per heavy atom. The molecule has 64 valence electrons. The first-order valence-electron chi connectivity index (χ1n) is 2.59. The lowest BCUT2D eigenvalue weighted by Gasteiger charge is -2.07. The predicted octanol–water partition coefficient (Wildman–Crippen LogP) is 0.635. The summed E-state index contributed by atoms with van der Waals surface area (Å²) in [5.41, 5.74) is 0. The molecule has 0 unspecified atom stereocenters. The fraction of sp³-hybridized carbons (Fsp3) is 0.600. The van der Waals surface area contributed by atoms with E-state index in [-0.39, 0.29) is 0 Å². The van der Waals surface area contributed by atoms with Crippen LogP contribution >= 0.6 is 0 Å². The summed E-state index contributed by atoms with van der Waals surface area (Å²) in [6.45, 7) is -2.02. The molecule has 1 N–H and O–H groups in total. The van der Waals surface area contributed by atoms with Crippen molar-refractivity contribution in [3.05, 3.63) is 0 Å². The van der Waals surface area contributed by atoms with Crippen molar-refractivity contribution in [1.29, 1.82) is 0 Å². The minimum Gasteiger partial charge on any atom is -0.475 e. The topological polar surface area (TPSA) is 54.4 Å². The number of carboxylic acids is 1. The molecule has 6 heteroatoms. The zero-order valence-electron chi connectivity index (χ0n) is 5.31. The average Bonchev–Trinajstić information content (AvgIpc) is 1.87. The van der Waals surface area contributed by atoms with Gasteiger partial charge in [-0.1, -0.05) is 0 Å². The third-order valence-electron chi connectivity index (χ3n) is 0.853. The third kappa shape index (κ3) is 3.59. The highest BCUT2D eigenvalue weighted by Gasteiger charge is 2.34. The molecule has 0 atom stereocenters. The minimum absolute atomic E-state index is 1.58. The predicted molar refractivity (Wildman–Crippen MR) is 28.2 cm³/mol. The van der Waals surface area contributed by atoms with E-state index in [0.29, 0.717) is 0 Å². The number of halogens is 3. The van der Waals surface area contributed by atoms with Crippen LogP contribution in [0, 0.1) is 0 Å². The van der Waals surface area contributed by atoms with Gasteiger partial charge in [0.25, 0.3) is 5.92 Å². The maximum atomic E-state index is 11.9. The SMILES string of the molecule is O=C(O)C(=O)CC(F)(F)CF. The number of alkyl halides is 3. The Morgan fingerprint density at radius 1 is 1.36 bits per heavy atom. The van der Waals surface area contributed by atoms with E-state index < -0.39 is 30.8 Å². The van der Waals surface area contributed by atoms with Crippen LogP contribution in [0.3, 0.4) is 0 Å². The maximum Gasteiger partial charge on any atom is 0.372 e. The molecule has 0 heterocycles. The van der Waals surface area contributed by atoms with Gasteiger partial charge >= 0.3 is 5.97 Å². The number of hydrogen-bond acceptors (Lipinski definition) is 2. The first-order valence-corrected chi connectivity index (χ1v) is 2.59. The molecule has 0 fully saturated rings. The molecular formula is C5H5F3O3. The van der Waals surface area contributed by atoms with Gasteiger partial charge in [0.15, 0.2) is 6.67 Å². The lowest BCUT2D eigenvalue weighted by atomic mass is 10.2. The largest absolute Gasteiger partial charge is 0.475 e. The summed E-state index contributed by atoms with van der Waals surface area (Å²) in [7, 11) is 0. The van der Waals surface area contributed by atoms with Crippen molar-refractivity contribution in [3.63, 3.8) is 0 Å². The average molecular weight is 170 g/mol. The molecule has 0 aliphatic heterocycles. The lowest BCUT2D eigenvalue weighted by molar-refractivity contribution is -0.153. The zero-order chi connectivity index (χ0) is 9.07. The molecule has 0 aliphatic carbocycles. The summed E-state index contributed by atoms with van der Waals surface area (Å²) in [6, 6.07) is 0. The van der Waals surface area contributed by atoms with E-state index in [4.69, 9.17) is 5.11 Å². The third-order valence-corrected chi connectivity index (χ3v) is 0.853. The van der Waals surface area contributed by atoms with Crippen molar-refractivity contribution in [1.82, 2.24) is 0 Å². The summed E-state index contributed by atoms with van der Waals surface area (Å²) >= 11 is 0. The van der Waals surface area contributed by atoms with Crippen molar-refractivity contribution < 1.29 is 27.9 Å². The fourth-order valence-corrected chi connectivity index (χ4v) is 0.358. The first-order chi connectivity index (χ1) is 4.89. The van der Waals surface area contributed by atoms with Crippen molar-refractivity contribution >= 4 is 11.8 Å². The second-order valence-corrected chi connectivity index (χ2v) is 1.89. The van der Waals surface area contributed by atoms with Gasteiger partial charge in [-0.15, -0.1) is 0 Å². The minimum atomic E-state index is -3.85. The van der Waals surface area contributed by atoms with Gasteiger partial charge in [0.05, 0.1) is 6.42 Å². The van der Waals surface area contributed by atoms with Crippen LogP contribution in [0.2, 0.25) is 0 Å². The van der Waals surface area contributed by atoms with Crippen LogP contribution in [0.4, 0.5) is 13.2 Å². The molecule has 0 spiro atoms. The fourth-order valence-electron chi connectivity index (χ4n) is 0.358. The highest BCUT2D eigenvalue weighted by atomic mass is 19.3. The smallest absolute Gasteiger partial charge is 0.372 e.